The molecule has 2 N–H and O–H groups in total. The minimum absolute atomic E-state index is 0.311. The first-order valence-electron chi connectivity index (χ1n) is 5.83. The highest BCUT2D eigenvalue weighted by molar-refractivity contribution is 5.32. The summed E-state index contributed by atoms with van der Waals surface area (Å²) >= 11 is 0. The van der Waals surface area contributed by atoms with Crippen LogP contribution >= 0.6 is 0 Å². The molecule has 0 bridgehead atoms. The summed E-state index contributed by atoms with van der Waals surface area (Å²) in [5, 5.41) is 0. The van der Waals surface area contributed by atoms with E-state index in [0.717, 1.165) is 38.4 Å². The SMILES string of the molecule is CCCn1ccnc1N1CCCC(N)C1. The molecule has 2 heterocycles. The van der Waals surface area contributed by atoms with Gasteiger partial charge in [0.25, 0.3) is 0 Å². The molecule has 0 radical (unpaired) electrons. The molecule has 1 aromatic rings. The maximum absolute atomic E-state index is 5.98. The van der Waals surface area contributed by atoms with Crippen LogP contribution in [-0.2, 0) is 6.54 Å². The number of rotatable bonds is 3. The third-order valence-corrected chi connectivity index (χ3v) is 2.90. The third-order valence-electron chi connectivity index (χ3n) is 2.90. The second-order valence-electron chi connectivity index (χ2n) is 4.27. The highest BCUT2D eigenvalue weighted by atomic mass is 15.3. The molecule has 1 saturated heterocycles. The molecule has 84 valence electrons. The molecule has 1 fully saturated rings. The quantitative estimate of drug-likeness (QED) is 0.812. The van der Waals surface area contributed by atoms with Gasteiger partial charge in [0, 0.05) is 38.1 Å². The van der Waals surface area contributed by atoms with Gasteiger partial charge in [0.15, 0.2) is 0 Å². The Balaban J connectivity index is 2.10. The summed E-state index contributed by atoms with van der Waals surface area (Å²) in [5.74, 6) is 1.09. The van der Waals surface area contributed by atoms with Crippen molar-refractivity contribution in [2.24, 2.45) is 5.73 Å². The van der Waals surface area contributed by atoms with Crippen molar-refractivity contribution in [1.82, 2.24) is 9.55 Å². The summed E-state index contributed by atoms with van der Waals surface area (Å²) in [6.45, 7) is 5.27. The number of nitrogens with two attached hydrogens (primary N) is 1. The zero-order valence-electron chi connectivity index (χ0n) is 9.39. The first kappa shape index (κ1) is 10.5. The Labute approximate surface area is 91.1 Å². The van der Waals surface area contributed by atoms with Gasteiger partial charge in [-0.2, -0.15) is 0 Å². The Hall–Kier alpha value is -1.03. The van der Waals surface area contributed by atoms with Crippen LogP contribution in [0, 0.1) is 0 Å². The lowest BCUT2D eigenvalue weighted by Crippen LogP contribution is -2.43. The predicted octanol–water partition coefficient (Wildman–Crippen LogP) is 1.22. The van der Waals surface area contributed by atoms with E-state index in [-0.39, 0.29) is 0 Å². The average molecular weight is 208 g/mol. The second kappa shape index (κ2) is 4.66. The molecule has 4 nitrogen and oxygen atoms in total. The van der Waals surface area contributed by atoms with Crippen molar-refractivity contribution in [2.45, 2.75) is 38.8 Å². The molecule has 0 saturated carbocycles. The van der Waals surface area contributed by atoms with Gasteiger partial charge in [-0.25, -0.2) is 4.98 Å². The normalized spacial score (nSPS) is 22.0. The summed E-state index contributed by atoms with van der Waals surface area (Å²) in [7, 11) is 0. The number of aromatic nitrogens is 2. The zero-order chi connectivity index (χ0) is 10.7. The van der Waals surface area contributed by atoms with Crippen LogP contribution in [0.1, 0.15) is 26.2 Å². The Morgan fingerprint density at radius 2 is 2.47 bits per heavy atom. The molecule has 1 aromatic heterocycles. The van der Waals surface area contributed by atoms with Gasteiger partial charge in [-0.1, -0.05) is 6.92 Å². The van der Waals surface area contributed by atoms with Crippen molar-refractivity contribution in [3.8, 4) is 0 Å². The van der Waals surface area contributed by atoms with Crippen LogP contribution in [0.5, 0.6) is 0 Å². The lowest BCUT2D eigenvalue weighted by Gasteiger charge is -2.31. The summed E-state index contributed by atoms with van der Waals surface area (Å²) in [4.78, 5) is 6.74. The Morgan fingerprint density at radius 1 is 1.60 bits per heavy atom. The molecule has 1 aliphatic heterocycles. The lowest BCUT2D eigenvalue weighted by atomic mass is 10.1. The maximum atomic E-state index is 5.98. The van der Waals surface area contributed by atoms with Crippen molar-refractivity contribution >= 4 is 5.95 Å². The van der Waals surface area contributed by atoms with E-state index in [1.807, 2.05) is 6.20 Å². The van der Waals surface area contributed by atoms with E-state index >= 15 is 0 Å². The fourth-order valence-electron chi connectivity index (χ4n) is 2.19. The second-order valence-corrected chi connectivity index (χ2v) is 4.27. The third kappa shape index (κ3) is 2.31. The van der Waals surface area contributed by atoms with Crippen molar-refractivity contribution < 1.29 is 0 Å². The van der Waals surface area contributed by atoms with Gasteiger partial charge in [0.05, 0.1) is 0 Å². The van der Waals surface area contributed by atoms with E-state index in [9.17, 15) is 0 Å². The van der Waals surface area contributed by atoms with Gasteiger partial charge in [0.2, 0.25) is 5.95 Å². The standard InChI is InChI=1S/C11H20N4/c1-2-6-14-8-5-13-11(14)15-7-3-4-10(12)9-15/h5,8,10H,2-4,6-7,9,12H2,1H3. The van der Waals surface area contributed by atoms with Crippen LogP contribution in [0.25, 0.3) is 0 Å². The fraction of sp³-hybridized carbons (Fsp3) is 0.727. The highest BCUT2D eigenvalue weighted by Crippen LogP contribution is 2.17. The first-order valence-corrected chi connectivity index (χ1v) is 5.83. The van der Waals surface area contributed by atoms with E-state index in [1.54, 1.807) is 0 Å². The van der Waals surface area contributed by atoms with Crippen molar-refractivity contribution in [2.75, 3.05) is 18.0 Å². The van der Waals surface area contributed by atoms with Crippen LogP contribution in [-0.4, -0.2) is 28.7 Å². The predicted molar refractivity (Wildman–Crippen MR) is 61.9 cm³/mol. The number of anilines is 1. The molecule has 0 aromatic carbocycles. The molecule has 0 aliphatic carbocycles. The number of nitrogens with zero attached hydrogens (tertiary/aromatic N) is 3. The smallest absolute Gasteiger partial charge is 0.205 e. The van der Waals surface area contributed by atoms with Gasteiger partial charge in [-0.15, -0.1) is 0 Å². The number of imidazole rings is 1. The monoisotopic (exact) mass is 208 g/mol. The van der Waals surface area contributed by atoms with Crippen molar-refractivity contribution in [3.05, 3.63) is 12.4 Å². The van der Waals surface area contributed by atoms with E-state index in [1.165, 1.54) is 6.42 Å². The van der Waals surface area contributed by atoms with Crippen LogP contribution in [0.15, 0.2) is 12.4 Å². The van der Waals surface area contributed by atoms with Crippen molar-refractivity contribution in [1.29, 1.82) is 0 Å². The number of aryl methyl sites for hydroxylation is 1. The van der Waals surface area contributed by atoms with Gasteiger partial charge in [-0.05, 0) is 19.3 Å². The summed E-state index contributed by atoms with van der Waals surface area (Å²) in [5.41, 5.74) is 5.98. The van der Waals surface area contributed by atoms with Crippen LogP contribution in [0.2, 0.25) is 0 Å². The highest BCUT2D eigenvalue weighted by Gasteiger charge is 2.19. The molecule has 0 spiro atoms. The summed E-state index contributed by atoms with van der Waals surface area (Å²) in [6, 6.07) is 0.311. The minimum atomic E-state index is 0.311. The Bertz CT molecular complexity index is 307. The summed E-state index contributed by atoms with van der Waals surface area (Å²) < 4.78 is 2.22. The average Bonchev–Trinajstić information content (AvgIpc) is 2.66. The molecule has 4 heteroatoms. The van der Waals surface area contributed by atoms with Crippen LogP contribution in [0.4, 0.5) is 5.95 Å². The zero-order valence-corrected chi connectivity index (χ0v) is 9.39. The first-order chi connectivity index (χ1) is 7.31. The Morgan fingerprint density at radius 3 is 3.20 bits per heavy atom. The largest absolute Gasteiger partial charge is 0.341 e. The van der Waals surface area contributed by atoms with Crippen molar-refractivity contribution in [3.63, 3.8) is 0 Å². The molecule has 2 rings (SSSR count). The number of hydrogen-bond donors (Lipinski definition) is 1. The molecule has 15 heavy (non-hydrogen) atoms. The topological polar surface area (TPSA) is 47.1 Å². The lowest BCUT2D eigenvalue weighted by molar-refractivity contribution is 0.491. The minimum Gasteiger partial charge on any atom is -0.341 e. The number of hydrogen-bond acceptors (Lipinski definition) is 3. The number of piperidine rings is 1. The van der Waals surface area contributed by atoms with E-state index in [0.29, 0.717) is 6.04 Å². The molecular weight excluding hydrogens is 188 g/mol. The van der Waals surface area contributed by atoms with Crippen LogP contribution in [0.3, 0.4) is 0 Å². The van der Waals surface area contributed by atoms with Gasteiger partial charge in [0.1, 0.15) is 0 Å². The van der Waals surface area contributed by atoms with Crippen LogP contribution < -0.4 is 10.6 Å². The van der Waals surface area contributed by atoms with E-state index in [2.05, 4.69) is 27.6 Å². The summed E-state index contributed by atoms with van der Waals surface area (Å²) in [6.07, 6.45) is 7.40. The van der Waals surface area contributed by atoms with Gasteiger partial charge in [-0.3, -0.25) is 0 Å². The Kier molecular flexibility index (Phi) is 3.26. The molecule has 1 unspecified atom stereocenters. The molecular formula is C11H20N4. The maximum Gasteiger partial charge on any atom is 0.205 e. The molecule has 0 amide bonds. The van der Waals surface area contributed by atoms with E-state index in [4.69, 9.17) is 5.73 Å². The van der Waals surface area contributed by atoms with Gasteiger partial charge >= 0.3 is 0 Å². The fourth-order valence-corrected chi connectivity index (χ4v) is 2.19. The molecule has 1 aliphatic rings. The molecule has 1 atom stereocenters. The van der Waals surface area contributed by atoms with Gasteiger partial charge < -0.3 is 15.2 Å². The van der Waals surface area contributed by atoms with E-state index < -0.39 is 0 Å².